The molecule has 3 rings (SSSR count). The van der Waals surface area contributed by atoms with E-state index in [0.29, 0.717) is 28.9 Å². The van der Waals surface area contributed by atoms with Crippen molar-refractivity contribution in [2.45, 2.75) is 45.4 Å². The second kappa shape index (κ2) is 12.8. The van der Waals surface area contributed by atoms with E-state index in [9.17, 15) is 22.8 Å². The largest absolute Gasteiger partial charge is 0.493 e. The average Bonchev–Trinajstić information content (AvgIpc) is 3.18. The summed E-state index contributed by atoms with van der Waals surface area (Å²) in [5, 5.41) is 4.42. The van der Waals surface area contributed by atoms with Crippen molar-refractivity contribution < 1.29 is 32.2 Å². The SMILES string of the molecule is CCCc1nn(C)c2c(=O)[nH]c(-c3cc(S(=O)(=O)N(CCOC(C)=O)CCOC(C)=O)ccc3OCC)nc12. The van der Waals surface area contributed by atoms with Crippen LogP contribution in [-0.4, -0.2) is 77.3 Å². The molecule has 0 saturated heterocycles. The van der Waals surface area contributed by atoms with Crippen LogP contribution in [0.15, 0.2) is 27.9 Å². The second-order valence-electron chi connectivity index (χ2n) is 8.61. The van der Waals surface area contributed by atoms with Crippen molar-refractivity contribution in [3.8, 4) is 17.1 Å². The first kappa shape index (κ1) is 29.8. The molecule has 0 bridgehead atoms. The summed E-state index contributed by atoms with van der Waals surface area (Å²) in [4.78, 5) is 42.7. The molecule has 0 saturated carbocycles. The molecule has 39 heavy (non-hydrogen) atoms. The highest BCUT2D eigenvalue weighted by Gasteiger charge is 2.27. The molecule has 0 aliphatic carbocycles. The molecule has 2 heterocycles. The number of hydrogen-bond donors (Lipinski definition) is 1. The number of aryl methyl sites for hydroxylation is 2. The van der Waals surface area contributed by atoms with Crippen LogP contribution in [0, 0.1) is 0 Å². The van der Waals surface area contributed by atoms with Crippen LogP contribution in [0.1, 0.15) is 39.8 Å². The Kier molecular flexibility index (Phi) is 9.81. The van der Waals surface area contributed by atoms with Gasteiger partial charge in [-0.05, 0) is 31.5 Å². The summed E-state index contributed by atoms with van der Waals surface area (Å²) in [6.07, 6.45) is 1.41. The smallest absolute Gasteiger partial charge is 0.302 e. The van der Waals surface area contributed by atoms with Crippen LogP contribution in [0.3, 0.4) is 0 Å². The lowest BCUT2D eigenvalue weighted by atomic mass is 10.1. The van der Waals surface area contributed by atoms with Crippen LogP contribution < -0.4 is 10.3 Å². The summed E-state index contributed by atoms with van der Waals surface area (Å²) in [6, 6.07) is 4.23. The van der Waals surface area contributed by atoms with E-state index in [1.165, 1.54) is 36.7 Å². The third kappa shape index (κ3) is 7.00. The van der Waals surface area contributed by atoms with E-state index in [-0.39, 0.29) is 49.2 Å². The highest BCUT2D eigenvalue weighted by atomic mass is 32.2. The summed E-state index contributed by atoms with van der Waals surface area (Å²) in [5.74, 6) is -0.658. The Labute approximate surface area is 226 Å². The summed E-state index contributed by atoms with van der Waals surface area (Å²) < 4.78 is 45.4. The number of benzene rings is 1. The predicted octanol–water partition coefficient (Wildman–Crippen LogP) is 1.79. The van der Waals surface area contributed by atoms with E-state index in [1.54, 1.807) is 14.0 Å². The summed E-state index contributed by atoms with van der Waals surface area (Å²) in [7, 11) is -2.50. The number of sulfonamides is 1. The van der Waals surface area contributed by atoms with Crippen molar-refractivity contribution in [2.24, 2.45) is 7.05 Å². The lowest BCUT2D eigenvalue weighted by Gasteiger charge is -2.22. The van der Waals surface area contributed by atoms with E-state index in [2.05, 4.69) is 15.1 Å². The summed E-state index contributed by atoms with van der Waals surface area (Å²) >= 11 is 0. The molecule has 1 N–H and O–H groups in total. The van der Waals surface area contributed by atoms with Gasteiger partial charge in [0.1, 0.15) is 30.3 Å². The second-order valence-corrected chi connectivity index (χ2v) is 10.5. The van der Waals surface area contributed by atoms with E-state index >= 15 is 0 Å². The van der Waals surface area contributed by atoms with Crippen LogP contribution in [0.4, 0.5) is 0 Å². The van der Waals surface area contributed by atoms with Gasteiger partial charge in [-0.1, -0.05) is 13.3 Å². The zero-order chi connectivity index (χ0) is 28.7. The summed E-state index contributed by atoms with van der Waals surface area (Å²) in [6.45, 7) is 5.79. The van der Waals surface area contributed by atoms with Gasteiger partial charge in [0, 0.05) is 34.0 Å². The molecule has 0 radical (unpaired) electrons. The first-order chi connectivity index (χ1) is 18.5. The first-order valence-corrected chi connectivity index (χ1v) is 13.9. The maximum absolute atomic E-state index is 13.7. The number of carbonyl (C=O) groups excluding carboxylic acids is 2. The number of aromatic amines is 1. The maximum atomic E-state index is 13.7. The average molecular weight is 564 g/mol. The number of fused-ring (bicyclic) bond motifs is 1. The number of nitrogens with zero attached hydrogens (tertiary/aromatic N) is 4. The molecule has 13 nitrogen and oxygen atoms in total. The minimum Gasteiger partial charge on any atom is -0.493 e. The van der Waals surface area contributed by atoms with Gasteiger partial charge in [-0.3, -0.25) is 19.1 Å². The molecule has 0 aliphatic heterocycles. The number of rotatable bonds is 13. The number of carbonyl (C=O) groups is 2. The van der Waals surface area contributed by atoms with Gasteiger partial charge in [0.2, 0.25) is 10.0 Å². The van der Waals surface area contributed by atoms with Crippen LogP contribution in [-0.2, 0) is 42.6 Å². The fourth-order valence-electron chi connectivity index (χ4n) is 4.00. The third-order valence-corrected chi connectivity index (χ3v) is 7.58. The van der Waals surface area contributed by atoms with Gasteiger partial charge in [0.05, 0.1) is 22.8 Å². The first-order valence-electron chi connectivity index (χ1n) is 12.5. The van der Waals surface area contributed by atoms with Gasteiger partial charge in [-0.15, -0.1) is 0 Å². The fourth-order valence-corrected chi connectivity index (χ4v) is 5.43. The zero-order valence-electron chi connectivity index (χ0n) is 22.6. The molecule has 0 spiro atoms. The van der Waals surface area contributed by atoms with E-state index < -0.39 is 27.5 Å². The van der Waals surface area contributed by atoms with Crippen molar-refractivity contribution in [1.29, 1.82) is 0 Å². The molecule has 2 aromatic heterocycles. The van der Waals surface area contributed by atoms with E-state index in [0.717, 1.165) is 10.7 Å². The van der Waals surface area contributed by atoms with E-state index in [4.69, 9.17) is 14.2 Å². The standard InChI is InChI=1S/C25H33N5O8S/c1-6-8-20-22-23(29(5)28-20)25(33)27-24(26-22)19-15-18(9-10-21(19)36-7-2)39(34,35)30(11-13-37-16(3)31)12-14-38-17(4)32/h9-10,15H,6-8,11-14H2,1-5H3,(H,26,27,33). The Hall–Kier alpha value is -3.78. The predicted molar refractivity (Wildman–Crippen MR) is 142 cm³/mol. The van der Waals surface area contributed by atoms with Crippen molar-refractivity contribution in [1.82, 2.24) is 24.1 Å². The number of hydrogen-bond acceptors (Lipinski definition) is 10. The lowest BCUT2D eigenvalue weighted by molar-refractivity contribution is -0.141. The highest BCUT2D eigenvalue weighted by molar-refractivity contribution is 7.89. The molecule has 0 fully saturated rings. The number of ether oxygens (including phenoxy) is 3. The van der Waals surface area contributed by atoms with Gasteiger partial charge in [-0.25, -0.2) is 13.4 Å². The van der Waals surface area contributed by atoms with Gasteiger partial charge in [0.25, 0.3) is 5.56 Å². The Balaban J connectivity index is 2.11. The Morgan fingerprint density at radius 2 is 1.72 bits per heavy atom. The third-order valence-electron chi connectivity index (χ3n) is 5.69. The van der Waals surface area contributed by atoms with Gasteiger partial charge >= 0.3 is 11.9 Å². The highest BCUT2D eigenvalue weighted by Crippen LogP contribution is 2.32. The van der Waals surface area contributed by atoms with Gasteiger partial charge in [0.15, 0.2) is 5.52 Å². The van der Waals surface area contributed by atoms with Crippen LogP contribution >= 0.6 is 0 Å². The van der Waals surface area contributed by atoms with Crippen molar-refractivity contribution in [3.05, 3.63) is 34.2 Å². The van der Waals surface area contributed by atoms with Crippen molar-refractivity contribution in [3.63, 3.8) is 0 Å². The fraction of sp³-hybridized carbons (Fsp3) is 0.480. The molecule has 14 heteroatoms. The van der Waals surface area contributed by atoms with Gasteiger partial charge < -0.3 is 19.2 Å². The Morgan fingerprint density at radius 1 is 1.08 bits per heavy atom. The van der Waals surface area contributed by atoms with Crippen molar-refractivity contribution >= 4 is 33.0 Å². The molecule has 0 amide bonds. The molecule has 0 aliphatic rings. The number of esters is 2. The minimum absolute atomic E-state index is 0.116. The zero-order valence-corrected chi connectivity index (χ0v) is 23.5. The van der Waals surface area contributed by atoms with Crippen LogP contribution in [0.5, 0.6) is 5.75 Å². The molecule has 0 atom stereocenters. The monoisotopic (exact) mass is 563 g/mol. The molecular weight excluding hydrogens is 530 g/mol. The molecular formula is C25H33N5O8S. The molecule has 1 aromatic carbocycles. The number of aromatic nitrogens is 4. The van der Waals surface area contributed by atoms with Crippen LogP contribution in [0.2, 0.25) is 0 Å². The quantitative estimate of drug-likeness (QED) is 0.303. The topological polar surface area (TPSA) is 163 Å². The summed E-state index contributed by atoms with van der Waals surface area (Å²) in [5.41, 5.74) is 1.24. The molecule has 3 aromatic rings. The minimum atomic E-state index is -4.17. The maximum Gasteiger partial charge on any atom is 0.302 e. The molecule has 212 valence electrons. The Bertz CT molecular complexity index is 1490. The number of nitrogens with one attached hydrogen (secondary N) is 1. The van der Waals surface area contributed by atoms with Gasteiger partial charge in [-0.2, -0.15) is 9.40 Å². The van der Waals surface area contributed by atoms with Crippen molar-refractivity contribution in [2.75, 3.05) is 32.9 Å². The number of H-pyrrole nitrogens is 1. The molecule has 0 unspecified atom stereocenters. The lowest BCUT2D eigenvalue weighted by Crippen LogP contribution is -2.37. The normalized spacial score (nSPS) is 11.6. The van der Waals surface area contributed by atoms with Crippen LogP contribution in [0.25, 0.3) is 22.4 Å². The van der Waals surface area contributed by atoms with E-state index in [1.807, 2.05) is 6.92 Å². The Morgan fingerprint density at radius 3 is 2.28 bits per heavy atom.